The van der Waals surface area contributed by atoms with Crippen molar-refractivity contribution in [3.8, 4) is 5.75 Å². The van der Waals surface area contributed by atoms with Gasteiger partial charge in [0, 0.05) is 37.4 Å². The second-order valence-corrected chi connectivity index (χ2v) is 7.55. The molecule has 0 bridgehead atoms. The fourth-order valence-electron chi connectivity index (χ4n) is 2.37. The van der Waals surface area contributed by atoms with E-state index in [2.05, 4.69) is 58.9 Å². The Morgan fingerprint density at radius 2 is 1.75 bits per heavy atom. The monoisotopic (exact) mass is 515 g/mol. The zero-order valence-electron chi connectivity index (χ0n) is 16.7. The minimum absolute atomic E-state index is 0. The quantitative estimate of drug-likeness (QED) is 0.164. The summed E-state index contributed by atoms with van der Waals surface area (Å²) in [7, 11) is 3.46. The number of aliphatic imine (C=N–C) groups is 1. The molecule has 0 aromatic heterocycles. The van der Waals surface area contributed by atoms with Gasteiger partial charge in [-0.25, -0.2) is 0 Å². The van der Waals surface area contributed by atoms with E-state index in [0.717, 1.165) is 18.3 Å². The van der Waals surface area contributed by atoms with E-state index in [0.29, 0.717) is 25.0 Å². The molecule has 1 unspecified atom stereocenters. The van der Waals surface area contributed by atoms with Crippen LogP contribution in [0, 0.1) is 0 Å². The number of rotatable bonds is 10. The lowest BCUT2D eigenvalue weighted by molar-refractivity contribution is 0.146. The van der Waals surface area contributed by atoms with Gasteiger partial charge in [-0.3, -0.25) is 4.99 Å². The SMILES string of the molecule is CN=C(NCc1ccc(OCCOC)cc1)NCC(C)Sc1ccccc1.I. The van der Waals surface area contributed by atoms with Crippen molar-refractivity contribution < 1.29 is 9.47 Å². The molecule has 5 nitrogen and oxygen atoms in total. The minimum atomic E-state index is 0. The molecular formula is C21H30IN3O2S. The number of nitrogens with one attached hydrogen (secondary N) is 2. The summed E-state index contributed by atoms with van der Waals surface area (Å²) < 4.78 is 10.6. The Morgan fingerprint density at radius 3 is 2.39 bits per heavy atom. The highest BCUT2D eigenvalue weighted by Gasteiger charge is 2.06. The molecule has 154 valence electrons. The van der Waals surface area contributed by atoms with E-state index in [9.17, 15) is 0 Å². The average Bonchev–Trinajstić information content (AvgIpc) is 2.70. The van der Waals surface area contributed by atoms with Crippen LogP contribution in [0.25, 0.3) is 0 Å². The number of guanidine groups is 1. The number of nitrogens with zero attached hydrogens (tertiary/aromatic N) is 1. The summed E-state index contributed by atoms with van der Waals surface area (Å²) in [5.74, 6) is 1.65. The number of thioether (sulfide) groups is 1. The molecule has 0 aliphatic carbocycles. The smallest absolute Gasteiger partial charge is 0.191 e. The van der Waals surface area contributed by atoms with Crippen LogP contribution in [0.3, 0.4) is 0 Å². The first-order valence-corrected chi connectivity index (χ1v) is 9.96. The number of halogens is 1. The van der Waals surface area contributed by atoms with Crippen LogP contribution in [0.2, 0.25) is 0 Å². The molecule has 0 spiro atoms. The van der Waals surface area contributed by atoms with Crippen molar-refractivity contribution in [3.63, 3.8) is 0 Å². The lowest BCUT2D eigenvalue weighted by atomic mass is 10.2. The zero-order valence-corrected chi connectivity index (χ0v) is 19.8. The van der Waals surface area contributed by atoms with Crippen molar-refractivity contribution in [2.24, 2.45) is 4.99 Å². The Hall–Kier alpha value is -1.45. The topological polar surface area (TPSA) is 54.9 Å². The van der Waals surface area contributed by atoms with Crippen molar-refractivity contribution in [1.29, 1.82) is 0 Å². The van der Waals surface area contributed by atoms with Gasteiger partial charge >= 0.3 is 0 Å². The van der Waals surface area contributed by atoms with Gasteiger partial charge in [0.05, 0.1) is 6.61 Å². The van der Waals surface area contributed by atoms with Crippen molar-refractivity contribution in [2.45, 2.75) is 23.6 Å². The zero-order chi connectivity index (χ0) is 19.3. The molecule has 1 atom stereocenters. The standard InChI is InChI=1S/C21H29N3O2S.HI/c1-17(27-20-7-5-4-6-8-20)15-23-21(22-2)24-16-18-9-11-19(12-10-18)26-14-13-25-3;/h4-12,17H,13-16H2,1-3H3,(H2,22,23,24);1H. The van der Waals surface area contributed by atoms with E-state index in [1.165, 1.54) is 10.5 Å². The van der Waals surface area contributed by atoms with Crippen molar-refractivity contribution in [1.82, 2.24) is 10.6 Å². The summed E-state index contributed by atoms with van der Waals surface area (Å²) in [6.45, 7) is 4.90. The molecule has 0 radical (unpaired) electrons. The number of hydrogen-bond acceptors (Lipinski definition) is 4. The summed E-state index contributed by atoms with van der Waals surface area (Å²) in [5.41, 5.74) is 1.17. The van der Waals surface area contributed by atoms with E-state index < -0.39 is 0 Å². The van der Waals surface area contributed by atoms with Gasteiger partial charge in [-0.2, -0.15) is 0 Å². The van der Waals surface area contributed by atoms with E-state index >= 15 is 0 Å². The number of benzene rings is 2. The maximum atomic E-state index is 5.58. The molecule has 2 N–H and O–H groups in total. The summed E-state index contributed by atoms with van der Waals surface area (Å²) in [6, 6.07) is 18.5. The van der Waals surface area contributed by atoms with Crippen LogP contribution in [-0.2, 0) is 11.3 Å². The predicted octanol–water partition coefficient (Wildman–Crippen LogP) is 4.18. The minimum Gasteiger partial charge on any atom is -0.491 e. The maximum absolute atomic E-state index is 5.58. The lowest BCUT2D eigenvalue weighted by Gasteiger charge is -2.16. The van der Waals surface area contributed by atoms with Crippen molar-refractivity contribution in [2.75, 3.05) is 33.9 Å². The van der Waals surface area contributed by atoms with Crippen LogP contribution in [0.1, 0.15) is 12.5 Å². The van der Waals surface area contributed by atoms with Crippen LogP contribution in [-0.4, -0.2) is 45.1 Å². The molecular weight excluding hydrogens is 485 g/mol. The van der Waals surface area contributed by atoms with Crippen molar-refractivity contribution >= 4 is 41.7 Å². The molecule has 0 saturated heterocycles. The molecule has 0 aliphatic heterocycles. The van der Waals surface area contributed by atoms with Gasteiger partial charge in [-0.15, -0.1) is 35.7 Å². The fraction of sp³-hybridized carbons (Fsp3) is 0.381. The molecule has 28 heavy (non-hydrogen) atoms. The highest BCUT2D eigenvalue weighted by atomic mass is 127. The largest absolute Gasteiger partial charge is 0.491 e. The summed E-state index contributed by atoms with van der Waals surface area (Å²) >= 11 is 1.85. The molecule has 0 heterocycles. The Labute approximate surface area is 189 Å². The van der Waals surface area contributed by atoms with E-state index in [4.69, 9.17) is 9.47 Å². The third kappa shape index (κ3) is 9.66. The Balaban J connectivity index is 0.00000392. The molecule has 7 heteroatoms. The van der Waals surface area contributed by atoms with E-state index in [1.54, 1.807) is 14.2 Å². The molecule has 0 fully saturated rings. The van der Waals surface area contributed by atoms with Crippen LogP contribution in [0.5, 0.6) is 5.75 Å². The van der Waals surface area contributed by atoms with Gasteiger partial charge in [-0.1, -0.05) is 37.3 Å². The van der Waals surface area contributed by atoms with Gasteiger partial charge in [0.15, 0.2) is 5.96 Å². The van der Waals surface area contributed by atoms with Crippen LogP contribution in [0.4, 0.5) is 0 Å². The fourth-order valence-corrected chi connectivity index (χ4v) is 3.31. The van der Waals surface area contributed by atoms with Gasteiger partial charge in [0.25, 0.3) is 0 Å². The third-order valence-corrected chi connectivity index (χ3v) is 4.91. The maximum Gasteiger partial charge on any atom is 0.191 e. The number of hydrogen-bond donors (Lipinski definition) is 2. The first-order valence-electron chi connectivity index (χ1n) is 9.08. The average molecular weight is 515 g/mol. The van der Waals surface area contributed by atoms with Crippen LogP contribution in [0.15, 0.2) is 64.5 Å². The Morgan fingerprint density at radius 1 is 1.04 bits per heavy atom. The molecule has 0 amide bonds. The third-order valence-electron chi connectivity index (χ3n) is 3.80. The second kappa shape index (κ2) is 14.5. The number of ether oxygens (including phenoxy) is 2. The first kappa shape index (κ1) is 24.6. The van der Waals surface area contributed by atoms with Gasteiger partial charge < -0.3 is 20.1 Å². The highest BCUT2D eigenvalue weighted by molar-refractivity contribution is 14.0. The normalized spacial score (nSPS) is 12.0. The highest BCUT2D eigenvalue weighted by Crippen LogP contribution is 2.21. The second-order valence-electron chi connectivity index (χ2n) is 6.03. The van der Waals surface area contributed by atoms with Crippen LogP contribution < -0.4 is 15.4 Å². The summed E-state index contributed by atoms with van der Waals surface area (Å²) in [6.07, 6.45) is 0. The lowest BCUT2D eigenvalue weighted by Crippen LogP contribution is -2.39. The van der Waals surface area contributed by atoms with Gasteiger partial charge in [0.1, 0.15) is 12.4 Å². The van der Waals surface area contributed by atoms with E-state index in [1.807, 2.05) is 30.0 Å². The number of methoxy groups -OCH3 is 1. The molecule has 0 aliphatic rings. The van der Waals surface area contributed by atoms with Gasteiger partial charge in [0.2, 0.25) is 0 Å². The summed E-state index contributed by atoms with van der Waals surface area (Å²) in [5, 5.41) is 7.17. The van der Waals surface area contributed by atoms with Crippen LogP contribution >= 0.6 is 35.7 Å². The van der Waals surface area contributed by atoms with Gasteiger partial charge in [-0.05, 0) is 29.8 Å². The molecule has 2 rings (SSSR count). The predicted molar refractivity (Wildman–Crippen MR) is 129 cm³/mol. The van der Waals surface area contributed by atoms with Crippen molar-refractivity contribution in [3.05, 3.63) is 60.2 Å². The molecule has 2 aromatic carbocycles. The summed E-state index contributed by atoms with van der Waals surface area (Å²) in [4.78, 5) is 5.58. The first-order chi connectivity index (χ1) is 13.2. The van der Waals surface area contributed by atoms with E-state index in [-0.39, 0.29) is 24.0 Å². The molecule has 2 aromatic rings. The Kier molecular flexibility index (Phi) is 12.8. The Bertz CT molecular complexity index is 684. The molecule has 0 saturated carbocycles.